The number of allylic oxidation sites excluding steroid dienone is 2. The SMILES string of the molecule is CC(C)(C)C#C/C=C/CC(Cc1cccc(OCc2cccc(-c3ccsc3)c2)c1)C(=O)O. The molecule has 0 aliphatic rings. The lowest BCUT2D eigenvalue weighted by molar-refractivity contribution is -0.141. The number of aliphatic carboxylic acids is 1. The summed E-state index contributed by atoms with van der Waals surface area (Å²) >= 11 is 1.68. The molecule has 0 fully saturated rings. The summed E-state index contributed by atoms with van der Waals surface area (Å²) in [5, 5.41) is 13.9. The summed E-state index contributed by atoms with van der Waals surface area (Å²) in [4.78, 5) is 11.8. The van der Waals surface area contributed by atoms with Crippen molar-refractivity contribution in [1.29, 1.82) is 0 Å². The maximum atomic E-state index is 11.8. The standard InChI is InChI=1S/C29H30O3S/c1-29(2,3)15-6-4-5-11-25(28(30)31)17-22-9-8-13-27(19-22)32-20-23-10-7-12-24(18-23)26-14-16-33-21-26/h4-5,7-10,12-14,16,18-19,21,25H,11,17,20H2,1-3H3,(H,30,31)/b5-4+. The summed E-state index contributed by atoms with van der Waals surface area (Å²) in [6.07, 6.45) is 4.48. The van der Waals surface area contributed by atoms with Crippen molar-refractivity contribution in [3.63, 3.8) is 0 Å². The van der Waals surface area contributed by atoms with Gasteiger partial charge in [0.2, 0.25) is 0 Å². The van der Waals surface area contributed by atoms with Crippen molar-refractivity contribution in [3.8, 4) is 28.7 Å². The molecule has 1 atom stereocenters. The van der Waals surface area contributed by atoms with Gasteiger partial charge in [0.05, 0.1) is 5.92 Å². The molecule has 33 heavy (non-hydrogen) atoms. The van der Waals surface area contributed by atoms with Crippen LogP contribution in [0.3, 0.4) is 0 Å². The van der Waals surface area contributed by atoms with Crippen molar-refractivity contribution in [1.82, 2.24) is 0 Å². The first-order valence-electron chi connectivity index (χ1n) is 11.0. The van der Waals surface area contributed by atoms with E-state index in [1.165, 1.54) is 11.1 Å². The summed E-state index contributed by atoms with van der Waals surface area (Å²) in [5.41, 5.74) is 4.36. The Balaban J connectivity index is 1.60. The van der Waals surface area contributed by atoms with E-state index < -0.39 is 11.9 Å². The highest BCUT2D eigenvalue weighted by molar-refractivity contribution is 7.08. The first-order valence-corrected chi connectivity index (χ1v) is 12.0. The summed E-state index contributed by atoms with van der Waals surface area (Å²) in [5.74, 6) is 5.55. The highest BCUT2D eigenvalue weighted by atomic mass is 32.1. The molecule has 4 heteroatoms. The number of rotatable bonds is 9. The van der Waals surface area contributed by atoms with Crippen molar-refractivity contribution in [2.24, 2.45) is 11.3 Å². The maximum absolute atomic E-state index is 11.8. The zero-order chi connectivity index (χ0) is 23.7. The molecule has 0 radical (unpaired) electrons. The van der Waals surface area contributed by atoms with E-state index in [-0.39, 0.29) is 5.41 Å². The van der Waals surface area contributed by atoms with E-state index in [0.717, 1.165) is 16.9 Å². The summed E-state index contributed by atoms with van der Waals surface area (Å²) in [6.45, 7) is 6.59. The molecule has 0 amide bonds. The number of carbonyl (C=O) groups is 1. The Hall–Kier alpha value is -3.29. The quantitative estimate of drug-likeness (QED) is 0.344. The number of hydrogen-bond donors (Lipinski definition) is 1. The van der Waals surface area contributed by atoms with Crippen molar-refractivity contribution < 1.29 is 14.6 Å². The van der Waals surface area contributed by atoms with E-state index in [4.69, 9.17) is 4.74 Å². The molecule has 3 aromatic rings. The third-order valence-electron chi connectivity index (χ3n) is 4.99. The van der Waals surface area contributed by atoms with Gasteiger partial charge in [-0.1, -0.05) is 48.2 Å². The van der Waals surface area contributed by atoms with Gasteiger partial charge in [0.25, 0.3) is 0 Å². The first-order chi connectivity index (χ1) is 15.8. The van der Waals surface area contributed by atoms with Gasteiger partial charge >= 0.3 is 5.97 Å². The zero-order valence-electron chi connectivity index (χ0n) is 19.4. The second-order valence-corrected chi connectivity index (χ2v) is 9.83. The van der Waals surface area contributed by atoms with Crippen LogP contribution in [0.4, 0.5) is 0 Å². The fourth-order valence-electron chi connectivity index (χ4n) is 3.30. The van der Waals surface area contributed by atoms with Crippen molar-refractivity contribution in [2.75, 3.05) is 0 Å². The molecule has 1 heterocycles. The highest BCUT2D eigenvalue weighted by Crippen LogP contribution is 2.24. The Kier molecular flexibility index (Phi) is 8.52. The Morgan fingerprint density at radius 1 is 1.09 bits per heavy atom. The molecule has 0 aliphatic heterocycles. The van der Waals surface area contributed by atoms with Crippen LogP contribution in [0.25, 0.3) is 11.1 Å². The van der Waals surface area contributed by atoms with Gasteiger partial charge in [-0.05, 0) is 97.0 Å². The van der Waals surface area contributed by atoms with Crippen LogP contribution >= 0.6 is 11.3 Å². The molecule has 0 spiro atoms. The molecule has 1 N–H and O–H groups in total. The normalized spacial score (nSPS) is 12.2. The predicted molar refractivity (Wildman–Crippen MR) is 136 cm³/mol. The molecule has 0 saturated carbocycles. The Morgan fingerprint density at radius 2 is 1.88 bits per heavy atom. The predicted octanol–water partition coefficient (Wildman–Crippen LogP) is 7.23. The van der Waals surface area contributed by atoms with Crippen LogP contribution in [-0.2, 0) is 17.8 Å². The maximum Gasteiger partial charge on any atom is 0.307 e. The van der Waals surface area contributed by atoms with E-state index in [9.17, 15) is 9.90 Å². The fraction of sp³-hybridized carbons (Fsp3) is 0.276. The summed E-state index contributed by atoms with van der Waals surface area (Å²) in [6, 6.07) is 18.1. The number of hydrogen-bond acceptors (Lipinski definition) is 3. The largest absolute Gasteiger partial charge is 0.489 e. The Bertz CT molecular complexity index is 1140. The van der Waals surface area contributed by atoms with Gasteiger partial charge < -0.3 is 9.84 Å². The van der Waals surface area contributed by atoms with Gasteiger partial charge in [0.15, 0.2) is 0 Å². The Labute approximate surface area is 200 Å². The van der Waals surface area contributed by atoms with Crippen molar-refractivity contribution >= 4 is 17.3 Å². The molecule has 1 unspecified atom stereocenters. The number of benzene rings is 2. The first kappa shape index (κ1) is 24.4. The molecule has 3 nitrogen and oxygen atoms in total. The number of carboxylic acids is 1. The lowest BCUT2D eigenvalue weighted by Gasteiger charge is -2.12. The Morgan fingerprint density at radius 3 is 2.61 bits per heavy atom. The minimum absolute atomic E-state index is 0.0673. The molecular weight excluding hydrogens is 428 g/mol. The third kappa shape index (κ3) is 8.29. The number of ether oxygens (including phenoxy) is 1. The van der Waals surface area contributed by atoms with Gasteiger partial charge in [-0.25, -0.2) is 0 Å². The molecule has 3 rings (SSSR count). The molecular formula is C29H30O3S. The van der Waals surface area contributed by atoms with E-state index in [1.54, 1.807) is 17.4 Å². The summed E-state index contributed by atoms with van der Waals surface area (Å²) < 4.78 is 6.01. The van der Waals surface area contributed by atoms with E-state index in [2.05, 4.69) is 46.9 Å². The van der Waals surface area contributed by atoms with E-state index in [0.29, 0.717) is 19.4 Å². The van der Waals surface area contributed by atoms with Crippen LogP contribution in [0.1, 0.15) is 38.3 Å². The average Bonchev–Trinajstić information content (AvgIpc) is 3.31. The number of thiophene rings is 1. The monoisotopic (exact) mass is 458 g/mol. The van der Waals surface area contributed by atoms with Gasteiger partial charge in [-0.2, -0.15) is 11.3 Å². The minimum atomic E-state index is -0.806. The van der Waals surface area contributed by atoms with Gasteiger partial charge in [-0.15, -0.1) is 0 Å². The van der Waals surface area contributed by atoms with Crippen molar-refractivity contribution in [2.45, 2.75) is 40.2 Å². The van der Waals surface area contributed by atoms with Crippen LogP contribution in [-0.4, -0.2) is 11.1 Å². The zero-order valence-corrected chi connectivity index (χ0v) is 20.2. The van der Waals surface area contributed by atoms with Crippen LogP contribution in [0.5, 0.6) is 5.75 Å². The van der Waals surface area contributed by atoms with Gasteiger partial charge in [0, 0.05) is 5.41 Å². The molecule has 1 aromatic heterocycles. The van der Waals surface area contributed by atoms with Crippen LogP contribution in [0.2, 0.25) is 0 Å². The smallest absolute Gasteiger partial charge is 0.307 e. The minimum Gasteiger partial charge on any atom is -0.489 e. The topological polar surface area (TPSA) is 46.5 Å². The fourth-order valence-corrected chi connectivity index (χ4v) is 3.97. The van der Waals surface area contributed by atoms with Crippen LogP contribution in [0.15, 0.2) is 77.5 Å². The molecule has 2 aromatic carbocycles. The van der Waals surface area contributed by atoms with Crippen LogP contribution < -0.4 is 4.74 Å². The molecule has 170 valence electrons. The van der Waals surface area contributed by atoms with Crippen LogP contribution in [0, 0.1) is 23.2 Å². The second kappa shape index (κ2) is 11.5. The third-order valence-corrected chi connectivity index (χ3v) is 5.67. The van der Waals surface area contributed by atoms with Gasteiger partial charge in [-0.3, -0.25) is 4.79 Å². The molecule has 0 saturated heterocycles. The van der Waals surface area contributed by atoms with Gasteiger partial charge in [0.1, 0.15) is 12.4 Å². The second-order valence-electron chi connectivity index (χ2n) is 9.05. The lowest BCUT2D eigenvalue weighted by Crippen LogP contribution is -2.15. The number of carboxylic acid groups (broad SMARTS) is 1. The van der Waals surface area contributed by atoms with Crippen molar-refractivity contribution in [3.05, 3.63) is 88.6 Å². The molecule has 0 aliphatic carbocycles. The molecule has 0 bridgehead atoms. The lowest BCUT2D eigenvalue weighted by atomic mass is 9.95. The summed E-state index contributed by atoms with van der Waals surface area (Å²) in [7, 11) is 0. The highest BCUT2D eigenvalue weighted by Gasteiger charge is 2.17. The van der Waals surface area contributed by atoms with E-state index in [1.807, 2.05) is 57.2 Å². The average molecular weight is 459 g/mol. The van der Waals surface area contributed by atoms with E-state index >= 15 is 0 Å².